The molecule has 0 rings (SSSR count). The van der Waals surface area contributed by atoms with Crippen LogP contribution >= 0.6 is 0 Å². The van der Waals surface area contributed by atoms with Crippen LogP contribution in [0.15, 0.2) is 0 Å². The Morgan fingerprint density at radius 2 is 1.78 bits per heavy atom. The summed E-state index contributed by atoms with van der Waals surface area (Å²) in [6, 6.07) is 0. The highest BCUT2D eigenvalue weighted by Gasteiger charge is 2.03. The lowest BCUT2D eigenvalue weighted by molar-refractivity contribution is 0.412. The first kappa shape index (κ1) is 8.96. The summed E-state index contributed by atoms with van der Waals surface area (Å²) in [5.41, 5.74) is 5.48. The summed E-state index contributed by atoms with van der Waals surface area (Å²) in [4.78, 5) is 0. The van der Waals surface area contributed by atoms with Gasteiger partial charge in [0.1, 0.15) is 0 Å². The Hall–Kier alpha value is -0.0400. The molecule has 1 heteroatoms. The highest BCUT2D eigenvalue weighted by Crippen LogP contribution is 2.12. The molecule has 0 spiro atoms. The normalized spacial score (nSPS) is 17.3. The van der Waals surface area contributed by atoms with E-state index in [0.29, 0.717) is 5.92 Å². The van der Waals surface area contributed by atoms with Gasteiger partial charge < -0.3 is 5.73 Å². The highest BCUT2D eigenvalue weighted by molar-refractivity contribution is 4.57. The summed E-state index contributed by atoms with van der Waals surface area (Å²) in [7, 11) is 0. The van der Waals surface area contributed by atoms with Crippen LogP contribution in [0.2, 0.25) is 0 Å². The monoisotopic (exact) mass is 129 g/mol. The Morgan fingerprint density at radius 1 is 1.22 bits per heavy atom. The van der Waals surface area contributed by atoms with E-state index in [4.69, 9.17) is 5.73 Å². The Balaban J connectivity index is 3.22. The van der Waals surface area contributed by atoms with Crippen LogP contribution in [0.4, 0.5) is 0 Å². The third-order valence-electron chi connectivity index (χ3n) is 1.90. The lowest BCUT2D eigenvalue weighted by atomic mass is 9.96. The fraction of sp³-hybridized carbons (Fsp3) is 1.00. The molecular formula is C8H19N. The Kier molecular flexibility index (Phi) is 4.78. The van der Waals surface area contributed by atoms with E-state index in [0.717, 1.165) is 12.5 Å². The van der Waals surface area contributed by atoms with Crippen LogP contribution in [-0.2, 0) is 0 Å². The number of nitrogens with two attached hydrogens (primary N) is 1. The maximum Gasteiger partial charge on any atom is -0.00514 e. The second kappa shape index (κ2) is 4.80. The Morgan fingerprint density at radius 3 is 2.11 bits per heavy atom. The molecule has 0 bridgehead atoms. The van der Waals surface area contributed by atoms with Crippen molar-refractivity contribution in [1.82, 2.24) is 0 Å². The van der Waals surface area contributed by atoms with Crippen molar-refractivity contribution in [2.45, 2.75) is 33.6 Å². The molecule has 0 amide bonds. The molecule has 0 heterocycles. The molecule has 0 aromatic heterocycles. The van der Waals surface area contributed by atoms with Crippen molar-refractivity contribution in [1.29, 1.82) is 0 Å². The molecule has 9 heavy (non-hydrogen) atoms. The minimum atomic E-state index is 0.708. The van der Waals surface area contributed by atoms with E-state index in [1.807, 2.05) is 0 Å². The van der Waals surface area contributed by atoms with Crippen molar-refractivity contribution in [3.63, 3.8) is 0 Å². The molecule has 2 atom stereocenters. The zero-order chi connectivity index (χ0) is 7.28. The summed E-state index contributed by atoms with van der Waals surface area (Å²) < 4.78 is 0. The van der Waals surface area contributed by atoms with Gasteiger partial charge in [0.2, 0.25) is 0 Å². The lowest BCUT2D eigenvalue weighted by Crippen LogP contribution is -2.13. The van der Waals surface area contributed by atoms with Crippen LogP contribution < -0.4 is 5.73 Å². The van der Waals surface area contributed by atoms with E-state index in [1.54, 1.807) is 0 Å². The molecule has 0 aliphatic heterocycles. The molecule has 2 N–H and O–H groups in total. The topological polar surface area (TPSA) is 26.0 Å². The maximum absolute atomic E-state index is 5.48. The van der Waals surface area contributed by atoms with Gasteiger partial charge in [-0.05, 0) is 24.8 Å². The van der Waals surface area contributed by atoms with Crippen LogP contribution in [0.3, 0.4) is 0 Å². The average molecular weight is 129 g/mol. The summed E-state index contributed by atoms with van der Waals surface area (Å²) in [5.74, 6) is 1.56. The molecule has 0 aromatic rings. The largest absolute Gasteiger partial charge is 0.330 e. The van der Waals surface area contributed by atoms with Crippen LogP contribution in [0.5, 0.6) is 0 Å². The fourth-order valence-electron chi connectivity index (χ4n) is 0.950. The third kappa shape index (κ3) is 4.46. The average Bonchev–Trinajstić information content (AvgIpc) is 1.87. The minimum Gasteiger partial charge on any atom is -0.330 e. The van der Waals surface area contributed by atoms with Crippen molar-refractivity contribution in [3.8, 4) is 0 Å². The van der Waals surface area contributed by atoms with Gasteiger partial charge in [-0.3, -0.25) is 0 Å². The number of hydrogen-bond donors (Lipinski definition) is 1. The minimum absolute atomic E-state index is 0.708. The van der Waals surface area contributed by atoms with Crippen LogP contribution in [-0.4, -0.2) is 6.54 Å². The predicted octanol–water partition coefficient (Wildman–Crippen LogP) is 2.02. The van der Waals surface area contributed by atoms with Gasteiger partial charge in [-0.1, -0.05) is 27.2 Å². The van der Waals surface area contributed by atoms with Gasteiger partial charge >= 0.3 is 0 Å². The Labute approximate surface area is 58.6 Å². The van der Waals surface area contributed by atoms with Crippen molar-refractivity contribution < 1.29 is 0 Å². The van der Waals surface area contributed by atoms with Crippen LogP contribution in [0.25, 0.3) is 0 Å². The van der Waals surface area contributed by atoms with Crippen molar-refractivity contribution in [2.24, 2.45) is 17.6 Å². The third-order valence-corrected chi connectivity index (χ3v) is 1.90. The maximum atomic E-state index is 5.48. The molecule has 1 unspecified atom stereocenters. The molecule has 1 nitrogen and oxygen atoms in total. The van der Waals surface area contributed by atoms with E-state index in [2.05, 4.69) is 20.8 Å². The molecule has 0 saturated carbocycles. The van der Waals surface area contributed by atoms with E-state index in [-0.39, 0.29) is 0 Å². The molecule has 0 aromatic carbocycles. The summed E-state index contributed by atoms with van der Waals surface area (Å²) in [6.07, 6.45) is 2.57. The van der Waals surface area contributed by atoms with Crippen LogP contribution in [0, 0.1) is 11.8 Å². The van der Waals surface area contributed by atoms with E-state index >= 15 is 0 Å². The first-order chi connectivity index (χ1) is 4.20. The van der Waals surface area contributed by atoms with Gasteiger partial charge in [0, 0.05) is 0 Å². The summed E-state index contributed by atoms with van der Waals surface area (Å²) in [5, 5.41) is 0. The number of rotatable bonds is 4. The predicted molar refractivity (Wildman–Crippen MR) is 42.3 cm³/mol. The van der Waals surface area contributed by atoms with Crippen molar-refractivity contribution in [2.75, 3.05) is 6.54 Å². The molecule has 0 aliphatic rings. The van der Waals surface area contributed by atoms with Gasteiger partial charge in [0.25, 0.3) is 0 Å². The van der Waals surface area contributed by atoms with Crippen molar-refractivity contribution in [3.05, 3.63) is 0 Å². The second-order valence-corrected chi connectivity index (χ2v) is 3.09. The molecule has 56 valence electrons. The first-order valence-corrected chi connectivity index (χ1v) is 3.90. The molecule has 0 saturated heterocycles. The van der Waals surface area contributed by atoms with Crippen molar-refractivity contribution >= 4 is 0 Å². The van der Waals surface area contributed by atoms with Gasteiger partial charge in [0.15, 0.2) is 0 Å². The molecule has 0 radical (unpaired) electrons. The quantitative estimate of drug-likeness (QED) is 0.617. The summed E-state index contributed by atoms with van der Waals surface area (Å²) >= 11 is 0. The van der Waals surface area contributed by atoms with Gasteiger partial charge in [0.05, 0.1) is 0 Å². The zero-order valence-corrected chi connectivity index (χ0v) is 6.85. The van der Waals surface area contributed by atoms with E-state index < -0.39 is 0 Å². The van der Waals surface area contributed by atoms with Gasteiger partial charge in [-0.2, -0.15) is 0 Å². The molecule has 0 fully saturated rings. The first-order valence-electron chi connectivity index (χ1n) is 3.90. The lowest BCUT2D eigenvalue weighted by Gasteiger charge is -2.12. The highest BCUT2D eigenvalue weighted by atomic mass is 14.5. The van der Waals surface area contributed by atoms with Crippen LogP contribution in [0.1, 0.15) is 33.6 Å². The standard InChI is InChI=1S/C8H19N/c1-4-7(2)5-8(3)6-9/h7-8H,4-6,9H2,1-3H3/t7-,8?/m1/s1. The SMILES string of the molecule is CC[C@@H](C)CC(C)CN. The fourth-order valence-corrected chi connectivity index (χ4v) is 0.950. The molecular weight excluding hydrogens is 110 g/mol. The summed E-state index contributed by atoms with van der Waals surface area (Å²) in [6.45, 7) is 7.57. The smallest absolute Gasteiger partial charge is 0.00514 e. The van der Waals surface area contributed by atoms with Gasteiger partial charge in [-0.15, -0.1) is 0 Å². The second-order valence-electron chi connectivity index (χ2n) is 3.09. The zero-order valence-electron chi connectivity index (χ0n) is 6.85. The van der Waals surface area contributed by atoms with E-state index in [1.165, 1.54) is 12.8 Å². The number of hydrogen-bond acceptors (Lipinski definition) is 1. The molecule has 0 aliphatic carbocycles. The van der Waals surface area contributed by atoms with E-state index in [9.17, 15) is 0 Å². The Bertz CT molecular complexity index is 53.6. The van der Waals surface area contributed by atoms with Gasteiger partial charge in [-0.25, -0.2) is 0 Å².